The fourth-order valence-corrected chi connectivity index (χ4v) is 2.74. The Morgan fingerprint density at radius 1 is 1.40 bits per heavy atom. The summed E-state index contributed by atoms with van der Waals surface area (Å²) in [6.07, 6.45) is 1.84. The monoisotopic (exact) mass is 274 g/mol. The summed E-state index contributed by atoms with van der Waals surface area (Å²) in [5.41, 5.74) is 4.94. The predicted molar refractivity (Wildman–Crippen MR) is 78.6 cm³/mol. The third kappa shape index (κ3) is 2.24. The Balaban J connectivity index is 2.27. The normalized spacial score (nSPS) is 14.3. The van der Waals surface area contributed by atoms with Crippen LogP contribution in [-0.4, -0.2) is 18.1 Å². The van der Waals surface area contributed by atoms with Gasteiger partial charge in [0.25, 0.3) is 0 Å². The van der Waals surface area contributed by atoms with Crippen LogP contribution < -0.4 is 5.32 Å². The van der Waals surface area contributed by atoms with Crippen LogP contribution in [0, 0.1) is 12.7 Å². The lowest BCUT2D eigenvalue weighted by molar-refractivity contribution is 0.110. The first-order chi connectivity index (χ1) is 9.70. The highest BCUT2D eigenvalue weighted by molar-refractivity contribution is 5.95. The van der Waals surface area contributed by atoms with Crippen molar-refractivity contribution >= 4 is 16.6 Å². The third-order valence-corrected chi connectivity index (χ3v) is 3.71. The van der Waals surface area contributed by atoms with Gasteiger partial charge in [-0.05, 0) is 31.0 Å². The van der Waals surface area contributed by atoms with E-state index in [0.29, 0.717) is 13.2 Å². The third-order valence-electron chi connectivity index (χ3n) is 3.71. The zero-order valence-electron chi connectivity index (χ0n) is 11.9. The second kappa shape index (κ2) is 5.37. The molecule has 0 saturated heterocycles. The first-order valence-electron chi connectivity index (χ1n) is 7.14. The molecule has 3 rings (SSSR count). The van der Waals surface area contributed by atoms with E-state index >= 15 is 0 Å². The highest BCUT2D eigenvalue weighted by atomic mass is 19.1. The number of hydrogen-bond acceptors (Lipinski definition) is 3. The molecule has 0 radical (unpaired) electrons. The van der Waals surface area contributed by atoms with Gasteiger partial charge in [-0.3, -0.25) is 4.98 Å². The van der Waals surface area contributed by atoms with Gasteiger partial charge >= 0.3 is 0 Å². The highest BCUT2D eigenvalue weighted by Gasteiger charge is 2.19. The quantitative estimate of drug-likeness (QED) is 0.929. The van der Waals surface area contributed by atoms with Gasteiger partial charge in [0.05, 0.1) is 30.1 Å². The van der Waals surface area contributed by atoms with Crippen LogP contribution in [0.2, 0.25) is 0 Å². The molecule has 1 aromatic heterocycles. The number of anilines is 1. The molecule has 106 valence electrons. The molecule has 0 aliphatic carbocycles. The summed E-state index contributed by atoms with van der Waals surface area (Å²) in [5, 5.41) is 4.29. The molecule has 1 aromatic carbocycles. The van der Waals surface area contributed by atoms with Gasteiger partial charge < -0.3 is 10.1 Å². The van der Waals surface area contributed by atoms with Gasteiger partial charge in [0.1, 0.15) is 5.82 Å². The largest absolute Gasteiger partial charge is 0.384 e. The summed E-state index contributed by atoms with van der Waals surface area (Å²) in [7, 11) is 0. The summed E-state index contributed by atoms with van der Waals surface area (Å²) in [6.45, 7) is 6.15. The molecule has 4 heteroatoms. The minimum atomic E-state index is -0.215. The maximum atomic E-state index is 13.7. The topological polar surface area (TPSA) is 34.2 Å². The summed E-state index contributed by atoms with van der Waals surface area (Å²) < 4.78 is 19.3. The van der Waals surface area contributed by atoms with E-state index < -0.39 is 0 Å². The van der Waals surface area contributed by atoms with Crippen molar-refractivity contribution in [2.75, 3.05) is 18.5 Å². The van der Waals surface area contributed by atoms with Gasteiger partial charge in [-0.2, -0.15) is 0 Å². The van der Waals surface area contributed by atoms with Crippen molar-refractivity contribution in [3.8, 4) is 0 Å². The molecule has 1 aliphatic rings. The molecular weight excluding hydrogens is 255 g/mol. The number of halogens is 1. The average Bonchev–Trinajstić information content (AvgIpc) is 2.44. The highest BCUT2D eigenvalue weighted by Crippen LogP contribution is 2.33. The minimum absolute atomic E-state index is 0.215. The average molecular weight is 274 g/mol. The van der Waals surface area contributed by atoms with E-state index in [-0.39, 0.29) is 5.82 Å². The van der Waals surface area contributed by atoms with Crippen molar-refractivity contribution in [2.45, 2.75) is 33.3 Å². The summed E-state index contributed by atoms with van der Waals surface area (Å²) in [6, 6.07) is 3.12. The Labute approximate surface area is 118 Å². The standard InChI is InChI=1S/C16H19FN2O/c1-3-5-18-16-12-8-11(17)7-10(2)15(12)19-14-4-6-20-9-13(14)16/h7-8H,3-6,9H2,1-2H3,(H,18,19). The zero-order valence-corrected chi connectivity index (χ0v) is 11.9. The fourth-order valence-electron chi connectivity index (χ4n) is 2.74. The summed E-state index contributed by atoms with van der Waals surface area (Å²) >= 11 is 0. The first kappa shape index (κ1) is 13.3. The Hall–Kier alpha value is -1.68. The van der Waals surface area contributed by atoms with Crippen LogP contribution in [0.4, 0.5) is 10.1 Å². The molecule has 0 spiro atoms. The first-order valence-corrected chi connectivity index (χ1v) is 7.14. The van der Waals surface area contributed by atoms with Crippen molar-refractivity contribution in [3.05, 3.63) is 34.8 Å². The van der Waals surface area contributed by atoms with Crippen LogP contribution in [0.1, 0.15) is 30.2 Å². The molecular formula is C16H19FN2O. The van der Waals surface area contributed by atoms with E-state index in [1.807, 2.05) is 6.92 Å². The SMILES string of the molecule is CCCNc1c2c(nc3c(C)cc(F)cc13)CCOC2. The number of fused-ring (bicyclic) bond motifs is 2. The molecule has 0 saturated carbocycles. The van der Waals surface area contributed by atoms with E-state index in [4.69, 9.17) is 9.72 Å². The molecule has 1 N–H and O–H groups in total. The predicted octanol–water partition coefficient (Wildman–Crippen LogP) is 3.58. The van der Waals surface area contributed by atoms with Crippen molar-refractivity contribution in [2.24, 2.45) is 0 Å². The number of aromatic nitrogens is 1. The van der Waals surface area contributed by atoms with Gasteiger partial charge in [-0.1, -0.05) is 6.92 Å². The molecule has 0 amide bonds. The van der Waals surface area contributed by atoms with Gasteiger partial charge in [0.2, 0.25) is 0 Å². The summed E-state index contributed by atoms with van der Waals surface area (Å²) in [5.74, 6) is -0.215. The maximum absolute atomic E-state index is 13.7. The zero-order chi connectivity index (χ0) is 14.1. The van der Waals surface area contributed by atoms with Crippen molar-refractivity contribution in [1.29, 1.82) is 0 Å². The van der Waals surface area contributed by atoms with E-state index in [2.05, 4.69) is 12.2 Å². The van der Waals surface area contributed by atoms with E-state index in [1.165, 1.54) is 0 Å². The molecule has 2 aromatic rings. The fraction of sp³-hybridized carbons (Fsp3) is 0.438. The smallest absolute Gasteiger partial charge is 0.124 e. The van der Waals surface area contributed by atoms with E-state index in [1.54, 1.807) is 12.1 Å². The maximum Gasteiger partial charge on any atom is 0.124 e. The van der Waals surface area contributed by atoms with Crippen LogP contribution in [0.3, 0.4) is 0 Å². The van der Waals surface area contributed by atoms with E-state index in [9.17, 15) is 4.39 Å². The lowest BCUT2D eigenvalue weighted by Gasteiger charge is -2.22. The van der Waals surface area contributed by atoms with Gasteiger partial charge in [-0.25, -0.2) is 4.39 Å². The molecule has 0 atom stereocenters. The molecule has 0 bridgehead atoms. The molecule has 3 nitrogen and oxygen atoms in total. The molecule has 0 fully saturated rings. The molecule has 0 unspecified atom stereocenters. The van der Waals surface area contributed by atoms with Crippen molar-refractivity contribution in [3.63, 3.8) is 0 Å². The van der Waals surface area contributed by atoms with Crippen LogP contribution in [-0.2, 0) is 17.8 Å². The second-order valence-corrected chi connectivity index (χ2v) is 5.26. The number of aryl methyl sites for hydroxylation is 1. The lowest BCUT2D eigenvalue weighted by atomic mass is 10.0. The van der Waals surface area contributed by atoms with Crippen molar-refractivity contribution in [1.82, 2.24) is 4.98 Å². The molecule has 20 heavy (non-hydrogen) atoms. The van der Waals surface area contributed by atoms with Crippen LogP contribution in [0.15, 0.2) is 12.1 Å². The van der Waals surface area contributed by atoms with Crippen LogP contribution in [0.5, 0.6) is 0 Å². The Morgan fingerprint density at radius 2 is 2.25 bits per heavy atom. The number of pyridine rings is 1. The number of ether oxygens (including phenoxy) is 1. The Bertz CT molecular complexity index is 655. The van der Waals surface area contributed by atoms with Crippen molar-refractivity contribution < 1.29 is 9.13 Å². The van der Waals surface area contributed by atoms with Crippen LogP contribution >= 0.6 is 0 Å². The lowest BCUT2D eigenvalue weighted by Crippen LogP contribution is -2.16. The number of hydrogen-bond donors (Lipinski definition) is 1. The number of nitrogens with one attached hydrogen (secondary N) is 1. The Morgan fingerprint density at radius 3 is 3.05 bits per heavy atom. The minimum Gasteiger partial charge on any atom is -0.384 e. The molecule has 1 aliphatic heterocycles. The Kier molecular flexibility index (Phi) is 3.57. The van der Waals surface area contributed by atoms with Gasteiger partial charge in [-0.15, -0.1) is 0 Å². The van der Waals surface area contributed by atoms with Gasteiger partial charge in [0, 0.05) is 23.9 Å². The number of benzene rings is 1. The van der Waals surface area contributed by atoms with Gasteiger partial charge in [0.15, 0.2) is 0 Å². The number of rotatable bonds is 3. The summed E-state index contributed by atoms with van der Waals surface area (Å²) in [4.78, 5) is 4.74. The second-order valence-electron chi connectivity index (χ2n) is 5.26. The van der Waals surface area contributed by atoms with E-state index in [0.717, 1.165) is 52.8 Å². The molecule has 2 heterocycles. The number of nitrogens with zero attached hydrogens (tertiary/aromatic N) is 1. The van der Waals surface area contributed by atoms with Crippen LogP contribution in [0.25, 0.3) is 10.9 Å².